The van der Waals surface area contributed by atoms with Gasteiger partial charge >= 0.3 is 0 Å². The van der Waals surface area contributed by atoms with Crippen LogP contribution in [0.2, 0.25) is 0 Å². The quantitative estimate of drug-likeness (QED) is 0.374. The van der Waals surface area contributed by atoms with Crippen molar-refractivity contribution >= 4 is 19.9 Å². The van der Waals surface area contributed by atoms with E-state index >= 15 is 0 Å². The van der Waals surface area contributed by atoms with Gasteiger partial charge in [0.15, 0.2) is 0 Å². The van der Waals surface area contributed by atoms with Crippen molar-refractivity contribution < 1.29 is 8.42 Å². The number of hydrogen-bond donors (Lipinski definition) is 0. The first-order valence-corrected chi connectivity index (χ1v) is 4.07. The summed E-state index contributed by atoms with van der Waals surface area (Å²) in [7, 11) is 1.50. The molecule has 0 radical (unpaired) electrons. The molecule has 1 fully saturated rings. The van der Waals surface area contributed by atoms with Gasteiger partial charge in [-0.2, -0.15) is 12.7 Å². The topological polar surface area (TPSA) is 37.1 Å². The molecule has 0 aromatic rings. The Hall–Kier alpha value is 0.200. The summed E-state index contributed by atoms with van der Waals surface area (Å²) in [5, 5.41) is 0. The van der Waals surface area contributed by atoms with Crippen LogP contribution in [-0.2, 0) is 9.24 Å². The van der Waals surface area contributed by atoms with E-state index in [-0.39, 0.29) is 0 Å². The summed E-state index contributed by atoms with van der Waals surface area (Å²) in [6, 6.07) is 0. The molecule has 7 heavy (non-hydrogen) atoms. The number of rotatable bonds is 1. The fourth-order valence-corrected chi connectivity index (χ4v) is 1.19. The highest BCUT2D eigenvalue weighted by Crippen LogP contribution is 2.14. The van der Waals surface area contributed by atoms with Crippen LogP contribution < -0.4 is 0 Å². The van der Waals surface area contributed by atoms with Crippen LogP contribution in [0.1, 0.15) is 0 Å². The van der Waals surface area contributed by atoms with Crippen molar-refractivity contribution in [1.29, 1.82) is 0 Å². The van der Waals surface area contributed by atoms with Crippen molar-refractivity contribution in [2.75, 3.05) is 13.1 Å². The lowest BCUT2D eigenvalue weighted by Gasteiger charge is -1.85. The van der Waals surface area contributed by atoms with Crippen molar-refractivity contribution in [2.45, 2.75) is 0 Å². The van der Waals surface area contributed by atoms with Crippen LogP contribution in [0.25, 0.3) is 0 Å². The second kappa shape index (κ2) is 1.34. The predicted molar refractivity (Wildman–Crippen MR) is 26.3 cm³/mol. The summed E-state index contributed by atoms with van der Waals surface area (Å²) in [5.41, 5.74) is 0. The number of nitrogens with zero attached hydrogens (tertiary/aromatic N) is 1. The molecule has 0 saturated carbocycles. The van der Waals surface area contributed by atoms with E-state index in [1.54, 1.807) is 0 Å². The van der Waals surface area contributed by atoms with Crippen LogP contribution in [0.4, 0.5) is 0 Å². The summed E-state index contributed by atoms with van der Waals surface area (Å²) in [5.74, 6) is 0. The van der Waals surface area contributed by atoms with Crippen LogP contribution in [0.15, 0.2) is 0 Å². The molecule has 0 N–H and O–H groups in total. The van der Waals surface area contributed by atoms with Gasteiger partial charge < -0.3 is 0 Å². The predicted octanol–water partition coefficient (Wildman–Crippen LogP) is -0.214. The summed E-state index contributed by atoms with van der Waals surface area (Å²) >= 11 is 0. The van der Waals surface area contributed by atoms with E-state index in [0.29, 0.717) is 13.1 Å². The van der Waals surface area contributed by atoms with Crippen LogP contribution in [0.3, 0.4) is 0 Å². The zero-order chi connectivity index (χ0) is 5.49. The smallest absolute Gasteiger partial charge is 0.195 e. The second-order valence-corrected chi connectivity index (χ2v) is 3.85. The Morgan fingerprint density at radius 1 is 1.43 bits per heavy atom. The molecule has 5 heteroatoms. The van der Waals surface area contributed by atoms with E-state index in [1.807, 2.05) is 0 Å². The maximum atomic E-state index is 10.1. The maximum Gasteiger partial charge on any atom is 0.299 e. The van der Waals surface area contributed by atoms with E-state index in [2.05, 4.69) is 0 Å². The van der Waals surface area contributed by atoms with Gasteiger partial charge in [0.25, 0.3) is 9.24 Å². The molecule has 0 aromatic heterocycles. The molecular formula is C2H4ClNO2S. The van der Waals surface area contributed by atoms with E-state index in [4.69, 9.17) is 10.7 Å². The van der Waals surface area contributed by atoms with E-state index in [1.165, 1.54) is 4.31 Å². The molecule has 0 amide bonds. The molecule has 42 valence electrons. The Bertz CT molecular complexity index is 159. The van der Waals surface area contributed by atoms with Crippen molar-refractivity contribution in [1.82, 2.24) is 4.31 Å². The van der Waals surface area contributed by atoms with Gasteiger partial charge in [0, 0.05) is 23.8 Å². The Morgan fingerprint density at radius 2 is 1.86 bits per heavy atom. The average molecular weight is 142 g/mol. The van der Waals surface area contributed by atoms with Gasteiger partial charge in [0.05, 0.1) is 0 Å². The molecule has 1 aliphatic heterocycles. The molecule has 1 rings (SSSR count). The molecule has 1 aliphatic rings. The fraction of sp³-hybridized carbons (Fsp3) is 1.00. The third-order valence-corrected chi connectivity index (χ3v) is 2.28. The van der Waals surface area contributed by atoms with Crippen molar-refractivity contribution in [3.8, 4) is 0 Å². The largest absolute Gasteiger partial charge is 0.299 e. The first-order valence-electron chi connectivity index (χ1n) is 1.80. The number of hydrogen-bond acceptors (Lipinski definition) is 2. The molecule has 0 spiro atoms. The van der Waals surface area contributed by atoms with Crippen LogP contribution in [0.5, 0.6) is 0 Å². The first kappa shape index (κ1) is 5.34. The summed E-state index contributed by atoms with van der Waals surface area (Å²) < 4.78 is 21.3. The van der Waals surface area contributed by atoms with E-state index < -0.39 is 9.24 Å². The Morgan fingerprint density at radius 3 is 1.86 bits per heavy atom. The molecule has 1 heterocycles. The summed E-state index contributed by atoms with van der Waals surface area (Å²) in [4.78, 5) is 0. The van der Waals surface area contributed by atoms with Gasteiger partial charge in [0.2, 0.25) is 0 Å². The highest BCUT2D eigenvalue weighted by atomic mass is 35.7. The standard InChI is InChI=1S/C2H4ClNO2S/c3-7(5,6)4-1-2-4/h1-2H2. The lowest BCUT2D eigenvalue weighted by Crippen LogP contribution is -2.00. The molecule has 0 unspecified atom stereocenters. The van der Waals surface area contributed by atoms with Crippen LogP contribution in [-0.4, -0.2) is 25.8 Å². The fourth-order valence-electron chi connectivity index (χ4n) is 0.259. The van der Waals surface area contributed by atoms with E-state index in [9.17, 15) is 8.42 Å². The third-order valence-electron chi connectivity index (χ3n) is 0.715. The molecule has 0 aliphatic carbocycles. The maximum absolute atomic E-state index is 10.1. The van der Waals surface area contributed by atoms with Gasteiger partial charge in [-0.05, 0) is 0 Å². The highest BCUT2D eigenvalue weighted by Gasteiger charge is 2.29. The number of halogens is 1. The average Bonchev–Trinajstić information content (AvgIpc) is 1.99. The van der Waals surface area contributed by atoms with Gasteiger partial charge in [-0.3, -0.25) is 0 Å². The van der Waals surface area contributed by atoms with Crippen LogP contribution >= 0.6 is 10.7 Å². The van der Waals surface area contributed by atoms with Crippen molar-refractivity contribution in [3.63, 3.8) is 0 Å². The lowest BCUT2D eigenvalue weighted by atomic mass is 11.0. The second-order valence-electron chi connectivity index (χ2n) is 1.34. The molecule has 1 saturated heterocycles. The SMILES string of the molecule is O=S(=O)(Cl)N1CC1. The Balaban J connectivity index is 2.71. The van der Waals surface area contributed by atoms with Gasteiger partial charge in [0.1, 0.15) is 0 Å². The Kier molecular flexibility index (Phi) is 1.02. The van der Waals surface area contributed by atoms with Crippen molar-refractivity contribution in [3.05, 3.63) is 0 Å². The zero-order valence-corrected chi connectivity index (χ0v) is 5.04. The summed E-state index contributed by atoms with van der Waals surface area (Å²) in [6.45, 7) is 1.18. The van der Waals surface area contributed by atoms with Gasteiger partial charge in [-0.25, -0.2) is 0 Å². The molecular weight excluding hydrogens is 138 g/mol. The molecule has 3 nitrogen and oxygen atoms in total. The van der Waals surface area contributed by atoms with Gasteiger partial charge in [-0.15, -0.1) is 0 Å². The molecule has 0 atom stereocenters. The summed E-state index contributed by atoms with van der Waals surface area (Å²) in [6.07, 6.45) is 0. The molecule has 0 aromatic carbocycles. The minimum atomic E-state index is -3.32. The molecule has 0 bridgehead atoms. The minimum Gasteiger partial charge on any atom is -0.195 e. The Labute approximate surface area is 46.4 Å². The zero-order valence-electron chi connectivity index (χ0n) is 3.46. The normalized spacial score (nSPS) is 22.4. The third kappa shape index (κ3) is 1.29. The lowest BCUT2D eigenvalue weighted by molar-refractivity contribution is 0.579. The van der Waals surface area contributed by atoms with E-state index in [0.717, 1.165) is 0 Å². The monoisotopic (exact) mass is 141 g/mol. The van der Waals surface area contributed by atoms with Crippen molar-refractivity contribution in [2.24, 2.45) is 0 Å². The van der Waals surface area contributed by atoms with Crippen LogP contribution in [0, 0.1) is 0 Å². The van der Waals surface area contributed by atoms with Gasteiger partial charge in [-0.1, -0.05) is 0 Å². The minimum absolute atomic E-state index is 0.589. The highest BCUT2D eigenvalue weighted by molar-refractivity contribution is 8.12. The first-order chi connectivity index (χ1) is 3.11.